The van der Waals surface area contributed by atoms with Crippen LogP contribution in [0.1, 0.15) is 0 Å². The number of alkyl halides is 7. The summed E-state index contributed by atoms with van der Waals surface area (Å²) >= 11 is -4.60. The molecule has 11 heteroatoms. The third kappa shape index (κ3) is 2.33. The average Bonchev–Trinajstić information content (AvgIpc) is 1.84. The van der Waals surface area contributed by atoms with E-state index in [4.69, 9.17) is 4.55 Å². The highest BCUT2D eigenvalue weighted by molar-refractivity contribution is 7.80. The molecule has 0 aliphatic rings. The largest absolute Gasteiger partial charge is 0.461 e. The molecule has 14 heavy (non-hydrogen) atoms. The molecule has 0 saturated heterocycles. The van der Waals surface area contributed by atoms with Crippen molar-refractivity contribution in [3.8, 4) is 0 Å². The topological polar surface area (TPSA) is 72.3 Å². The Hall–Kier alpha value is -0.420. The van der Waals surface area contributed by atoms with Gasteiger partial charge in [-0.3, -0.25) is 0 Å². The maximum atomic E-state index is 11.8. The van der Waals surface area contributed by atoms with E-state index in [9.17, 15) is 34.9 Å². The smallest absolute Gasteiger partial charge is 0.344 e. The molecular weight excluding hydrogens is 247 g/mol. The highest BCUT2D eigenvalue weighted by Crippen LogP contribution is 2.47. The van der Waals surface area contributed by atoms with Crippen LogP contribution in [0.5, 0.6) is 0 Å². The SMILES string of the molecule is N.O=S(O)C(F)(F)C(F)(F)C(F)(F)F. The molecule has 0 heterocycles. The minimum Gasteiger partial charge on any atom is -0.344 e. The molecule has 1 atom stereocenters. The van der Waals surface area contributed by atoms with Crippen molar-refractivity contribution in [3.05, 3.63) is 0 Å². The van der Waals surface area contributed by atoms with E-state index in [0.29, 0.717) is 0 Å². The monoisotopic (exact) mass is 251 g/mol. The minimum atomic E-state index is -6.57. The molecule has 0 radical (unpaired) electrons. The van der Waals surface area contributed by atoms with Crippen LogP contribution in [-0.4, -0.2) is 26.1 Å². The quantitative estimate of drug-likeness (QED) is 0.583. The van der Waals surface area contributed by atoms with Gasteiger partial charge >= 0.3 is 17.4 Å². The molecule has 0 aromatic carbocycles. The lowest BCUT2D eigenvalue weighted by Gasteiger charge is -2.24. The van der Waals surface area contributed by atoms with E-state index in [1.165, 1.54) is 0 Å². The van der Waals surface area contributed by atoms with Gasteiger partial charge in [0.25, 0.3) is 0 Å². The third-order valence-corrected chi connectivity index (χ3v) is 1.64. The van der Waals surface area contributed by atoms with Crippen molar-refractivity contribution in [1.29, 1.82) is 0 Å². The summed E-state index contributed by atoms with van der Waals surface area (Å²) in [7, 11) is 0. The molecule has 0 aliphatic carbocycles. The molecule has 1 unspecified atom stereocenters. The molecule has 0 amide bonds. The minimum absolute atomic E-state index is 0. The summed E-state index contributed by atoms with van der Waals surface area (Å²) < 4.78 is 97.7. The van der Waals surface area contributed by atoms with E-state index in [-0.39, 0.29) is 6.15 Å². The molecule has 0 spiro atoms. The maximum absolute atomic E-state index is 11.8. The molecule has 0 saturated carbocycles. The van der Waals surface area contributed by atoms with Gasteiger partial charge in [-0.1, -0.05) is 0 Å². The molecule has 0 fully saturated rings. The molecule has 0 aromatic heterocycles. The van der Waals surface area contributed by atoms with Gasteiger partial charge in [-0.05, 0) is 0 Å². The van der Waals surface area contributed by atoms with Crippen LogP contribution in [0.15, 0.2) is 0 Å². The average molecular weight is 251 g/mol. The van der Waals surface area contributed by atoms with E-state index in [2.05, 4.69) is 0 Å². The van der Waals surface area contributed by atoms with Crippen molar-refractivity contribution in [1.82, 2.24) is 6.15 Å². The van der Waals surface area contributed by atoms with E-state index in [0.717, 1.165) is 0 Å². The van der Waals surface area contributed by atoms with Crippen LogP contribution in [0.4, 0.5) is 30.7 Å². The zero-order valence-electron chi connectivity index (χ0n) is 6.12. The van der Waals surface area contributed by atoms with Gasteiger partial charge in [0.15, 0.2) is 0 Å². The van der Waals surface area contributed by atoms with Crippen molar-refractivity contribution in [3.63, 3.8) is 0 Å². The molecule has 0 aromatic rings. The van der Waals surface area contributed by atoms with Crippen molar-refractivity contribution in [2.24, 2.45) is 0 Å². The Morgan fingerprint density at radius 2 is 1.21 bits per heavy atom. The number of rotatable bonds is 2. The summed E-state index contributed by atoms with van der Waals surface area (Å²) in [5.74, 6) is -6.53. The predicted molar refractivity (Wildman–Crippen MR) is 31.7 cm³/mol. The van der Waals surface area contributed by atoms with Crippen molar-refractivity contribution in [2.75, 3.05) is 0 Å². The maximum Gasteiger partial charge on any atom is 0.461 e. The first-order chi connectivity index (χ1) is 5.44. The number of hydrogen-bond acceptors (Lipinski definition) is 2. The molecular formula is C3H4F7NO2S. The predicted octanol–water partition coefficient (Wildman–Crippen LogP) is 2.16. The third-order valence-electron chi connectivity index (χ3n) is 0.941. The first-order valence-electron chi connectivity index (χ1n) is 2.38. The Morgan fingerprint density at radius 1 is 0.929 bits per heavy atom. The number of hydrogen-bond donors (Lipinski definition) is 2. The van der Waals surface area contributed by atoms with Crippen LogP contribution in [0, 0.1) is 0 Å². The van der Waals surface area contributed by atoms with Gasteiger partial charge < -0.3 is 10.7 Å². The van der Waals surface area contributed by atoms with Crippen LogP contribution < -0.4 is 6.15 Å². The molecule has 3 nitrogen and oxygen atoms in total. The molecule has 88 valence electrons. The van der Waals surface area contributed by atoms with Gasteiger partial charge in [-0.2, -0.15) is 30.7 Å². The van der Waals surface area contributed by atoms with Gasteiger partial charge in [0.2, 0.25) is 11.1 Å². The Morgan fingerprint density at radius 3 is 1.29 bits per heavy atom. The zero-order chi connectivity index (χ0) is 11.1. The van der Waals surface area contributed by atoms with Crippen LogP contribution in [0.2, 0.25) is 0 Å². The second kappa shape index (κ2) is 3.98. The fourth-order valence-corrected chi connectivity index (χ4v) is 0.610. The lowest BCUT2D eigenvalue weighted by Crippen LogP contribution is -2.53. The van der Waals surface area contributed by atoms with E-state index in [1.807, 2.05) is 0 Å². The summed E-state index contributed by atoms with van der Waals surface area (Å²) in [6.45, 7) is 0. The van der Waals surface area contributed by atoms with Gasteiger partial charge in [0.1, 0.15) is 0 Å². The first kappa shape index (κ1) is 16.0. The van der Waals surface area contributed by atoms with Crippen LogP contribution >= 0.6 is 0 Å². The highest BCUT2D eigenvalue weighted by atomic mass is 32.2. The van der Waals surface area contributed by atoms with Gasteiger partial charge in [-0.15, -0.1) is 0 Å². The summed E-state index contributed by atoms with van der Waals surface area (Å²) in [5, 5.41) is -6.05. The normalized spacial score (nSPS) is 16.0. The van der Waals surface area contributed by atoms with E-state index in [1.54, 1.807) is 0 Å². The summed E-state index contributed by atoms with van der Waals surface area (Å²) in [6, 6.07) is 0. The fraction of sp³-hybridized carbons (Fsp3) is 1.00. The van der Waals surface area contributed by atoms with E-state index >= 15 is 0 Å². The highest BCUT2D eigenvalue weighted by Gasteiger charge is 2.76. The van der Waals surface area contributed by atoms with Crippen LogP contribution in [-0.2, 0) is 11.1 Å². The van der Waals surface area contributed by atoms with Crippen LogP contribution in [0.3, 0.4) is 0 Å². The second-order valence-corrected chi connectivity index (χ2v) is 2.85. The lowest BCUT2D eigenvalue weighted by molar-refractivity contribution is -0.332. The van der Waals surface area contributed by atoms with Gasteiger partial charge in [0.05, 0.1) is 0 Å². The van der Waals surface area contributed by atoms with Gasteiger partial charge in [-0.25, -0.2) is 4.21 Å². The fourth-order valence-electron chi connectivity index (χ4n) is 0.275. The first-order valence-corrected chi connectivity index (χ1v) is 3.48. The molecule has 4 N–H and O–H groups in total. The Balaban J connectivity index is 0. The van der Waals surface area contributed by atoms with Gasteiger partial charge in [0, 0.05) is 0 Å². The van der Waals surface area contributed by atoms with Crippen LogP contribution in [0.25, 0.3) is 0 Å². The standard InChI is InChI=1S/C3HF7O2S.H3N/c4-1(5,2(6,7)8)3(9,10)13(11)12;/h(H,11,12);1H3. The summed E-state index contributed by atoms with van der Waals surface area (Å²) in [5.41, 5.74) is 0. The Labute approximate surface area is 75.1 Å². The Bertz CT molecular complexity index is 225. The summed E-state index contributed by atoms with van der Waals surface area (Å²) in [4.78, 5) is 0. The van der Waals surface area contributed by atoms with Crippen molar-refractivity contribution < 1.29 is 39.5 Å². The van der Waals surface area contributed by atoms with Crippen molar-refractivity contribution >= 4 is 11.1 Å². The van der Waals surface area contributed by atoms with Crippen molar-refractivity contribution in [2.45, 2.75) is 17.4 Å². The Kier molecular flexibility index (Phi) is 4.56. The molecule has 0 rings (SSSR count). The zero-order valence-corrected chi connectivity index (χ0v) is 6.93. The molecule has 0 aliphatic heterocycles. The number of halogens is 7. The van der Waals surface area contributed by atoms with E-state index < -0.39 is 28.4 Å². The molecule has 0 bridgehead atoms. The lowest BCUT2D eigenvalue weighted by atomic mass is 10.3. The second-order valence-electron chi connectivity index (χ2n) is 1.84. The summed E-state index contributed by atoms with van der Waals surface area (Å²) in [6.07, 6.45) is -6.57.